The van der Waals surface area contributed by atoms with Crippen molar-refractivity contribution in [3.8, 4) is 0 Å². The van der Waals surface area contributed by atoms with E-state index in [1.54, 1.807) is 30.3 Å². The molecular weight excluding hydrogens is 336 g/mol. The molecule has 2 fully saturated rings. The summed E-state index contributed by atoms with van der Waals surface area (Å²) in [5.41, 5.74) is -0.160. The Morgan fingerprint density at radius 3 is 2.68 bits per heavy atom. The fraction of sp³-hybridized carbons (Fsp3) is 0.667. The second-order valence-corrected chi connectivity index (χ2v) is 8.51. The predicted molar refractivity (Wildman–Crippen MR) is 99.6 cm³/mol. The molecule has 3 amide bonds. The molecule has 1 aromatic rings. The van der Waals surface area contributed by atoms with Crippen LogP contribution in [0.1, 0.15) is 18.2 Å². The van der Waals surface area contributed by atoms with Crippen molar-refractivity contribution in [2.45, 2.75) is 19.9 Å². The molecule has 2 saturated heterocycles. The molecule has 0 unspecified atom stereocenters. The zero-order valence-electron chi connectivity index (χ0n) is 15.4. The molecule has 2 aliphatic rings. The summed E-state index contributed by atoms with van der Waals surface area (Å²) in [6, 6.07) is 4.27. The maximum Gasteiger partial charge on any atom is 0.319 e. The molecule has 25 heavy (non-hydrogen) atoms. The van der Waals surface area contributed by atoms with Gasteiger partial charge >= 0.3 is 6.03 Å². The molecule has 2 aliphatic heterocycles. The molecule has 6 nitrogen and oxygen atoms in total. The van der Waals surface area contributed by atoms with Gasteiger partial charge in [-0.2, -0.15) is 0 Å². The molecule has 1 atom stereocenters. The largest absolute Gasteiger partial charge is 0.342 e. The first kappa shape index (κ1) is 18.2. The number of likely N-dealkylation sites (tertiary alicyclic amines) is 1. The average molecular weight is 365 g/mol. The van der Waals surface area contributed by atoms with E-state index in [1.165, 1.54) is 4.88 Å². The Morgan fingerprint density at radius 1 is 1.28 bits per heavy atom. The lowest BCUT2D eigenvalue weighted by Gasteiger charge is -2.34. The van der Waals surface area contributed by atoms with Crippen molar-refractivity contribution in [2.75, 3.05) is 53.4 Å². The molecule has 0 radical (unpaired) electrons. The minimum Gasteiger partial charge on any atom is -0.342 e. The van der Waals surface area contributed by atoms with E-state index in [9.17, 15) is 9.59 Å². The molecule has 138 valence electrons. The molecule has 7 heteroatoms. The summed E-state index contributed by atoms with van der Waals surface area (Å²) >= 11 is 1.76. The minimum atomic E-state index is -0.160. The summed E-state index contributed by atoms with van der Waals surface area (Å²) in [5, 5.41) is 2.10. The highest BCUT2D eigenvalue weighted by molar-refractivity contribution is 7.09. The number of carbonyl (C=O) groups is 2. The van der Waals surface area contributed by atoms with Crippen molar-refractivity contribution in [3.63, 3.8) is 0 Å². The van der Waals surface area contributed by atoms with Crippen LogP contribution in [0.25, 0.3) is 0 Å². The van der Waals surface area contributed by atoms with Crippen molar-refractivity contribution in [2.24, 2.45) is 5.41 Å². The Balaban J connectivity index is 1.82. The molecule has 0 aliphatic carbocycles. The monoisotopic (exact) mass is 364 g/mol. The SMILES string of the molecule is CCN1C[C@@]2(CC1=O)CN(Cc1cccs1)CCN(C(=O)N(C)C)C2. The Labute approximate surface area is 154 Å². The topological polar surface area (TPSA) is 47.1 Å². The quantitative estimate of drug-likeness (QED) is 0.821. The van der Waals surface area contributed by atoms with E-state index in [4.69, 9.17) is 0 Å². The second kappa shape index (κ2) is 7.33. The maximum absolute atomic E-state index is 12.6. The minimum absolute atomic E-state index is 0.0414. The Bertz CT molecular complexity index is 619. The van der Waals surface area contributed by atoms with Crippen LogP contribution in [0.2, 0.25) is 0 Å². The van der Waals surface area contributed by atoms with E-state index in [1.807, 2.05) is 16.7 Å². The van der Waals surface area contributed by atoms with Crippen LogP contribution >= 0.6 is 11.3 Å². The van der Waals surface area contributed by atoms with Crippen LogP contribution in [0.15, 0.2) is 17.5 Å². The molecule has 1 spiro atoms. The molecular formula is C18H28N4O2S. The Morgan fingerprint density at radius 2 is 2.08 bits per heavy atom. The zero-order chi connectivity index (χ0) is 18.0. The molecule has 0 saturated carbocycles. The van der Waals surface area contributed by atoms with Gasteiger partial charge in [-0.1, -0.05) is 6.07 Å². The smallest absolute Gasteiger partial charge is 0.319 e. The summed E-state index contributed by atoms with van der Waals surface area (Å²) in [6.07, 6.45) is 0.541. The van der Waals surface area contributed by atoms with E-state index in [0.29, 0.717) is 19.5 Å². The highest BCUT2D eigenvalue weighted by Crippen LogP contribution is 2.35. The van der Waals surface area contributed by atoms with Gasteiger partial charge in [0.2, 0.25) is 5.91 Å². The van der Waals surface area contributed by atoms with Gasteiger partial charge in [0.05, 0.1) is 0 Å². The highest BCUT2D eigenvalue weighted by atomic mass is 32.1. The van der Waals surface area contributed by atoms with Gasteiger partial charge in [-0.05, 0) is 18.4 Å². The standard InChI is InChI=1S/C18H28N4O2S/c1-4-21-13-18(10-16(21)23)12-20(11-15-6-5-9-25-15)7-8-22(14-18)17(24)19(2)3/h5-6,9H,4,7-8,10-14H2,1-3H3/t18-/m1/s1. The third-order valence-corrected chi connectivity index (χ3v) is 6.03. The number of urea groups is 1. The van der Waals surface area contributed by atoms with Gasteiger partial charge in [0, 0.05) is 76.6 Å². The predicted octanol–water partition coefficient (Wildman–Crippen LogP) is 1.79. The number of hydrogen-bond acceptors (Lipinski definition) is 4. The fourth-order valence-corrected chi connectivity index (χ4v) is 4.78. The average Bonchev–Trinajstić information content (AvgIpc) is 3.13. The Kier molecular flexibility index (Phi) is 5.34. The summed E-state index contributed by atoms with van der Waals surface area (Å²) in [5.74, 6) is 0.220. The number of amides is 3. The number of nitrogens with zero attached hydrogens (tertiary/aromatic N) is 4. The van der Waals surface area contributed by atoms with E-state index >= 15 is 0 Å². The van der Waals surface area contributed by atoms with E-state index in [2.05, 4.69) is 22.4 Å². The normalized spacial score (nSPS) is 24.8. The second-order valence-electron chi connectivity index (χ2n) is 7.47. The lowest BCUT2D eigenvalue weighted by atomic mass is 9.86. The lowest BCUT2D eigenvalue weighted by Crippen LogP contribution is -2.47. The number of carbonyl (C=O) groups excluding carboxylic acids is 2. The van der Waals surface area contributed by atoms with Gasteiger partial charge in [-0.15, -0.1) is 11.3 Å². The molecule has 0 N–H and O–H groups in total. The lowest BCUT2D eigenvalue weighted by molar-refractivity contribution is -0.127. The van der Waals surface area contributed by atoms with Gasteiger partial charge in [0.15, 0.2) is 0 Å². The van der Waals surface area contributed by atoms with Crippen molar-refractivity contribution in [3.05, 3.63) is 22.4 Å². The summed E-state index contributed by atoms with van der Waals surface area (Å²) in [6.45, 7) is 7.50. The fourth-order valence-electron chi connectivity index (χ4n) is 4.03. The van der Waals surface area contributed by atoms with Gasteiger partial charge in [-0.3, -0.25) is 9.69 Å². The molecule has 3 rings (SSSR count). The molecule has 3 heterocycles. The van der Waals surface area contributed by atoms with Crippen LogP contribution in [0.4, 0.5) is 4.79 Å². The van der Waals surface area contributed by atoms with Crippen LogP contribution in [-0.4, -0.2) is 84.9 Å². The van der Waals surface area contributed by atoms with Crippen LogP contribution in [0, 0.1) is 5.41 Å². The molecule has 0 bridgehead atoms. The van der Waals surface area contributed by atoms with Crippen molar-refractivity contribution in [1.29, 1.82) is 0 Å². The first-order valence-corrected chi connectivity index (χ1v) is 9.79. The van der Waals surface area contributed by atoms with Gasteiger partial charge in [0.25, 0.3) is 0 Å². The van der Waals surface area contributed by atoms with Crippen LogP contribution in [-0.2, 0) is 11.3 Å². The van der Waals surface area contributed by atoms with Crippen LogP contribution < -0.4 is 0 Å². The van der Waals surface area contributed by atoms with E-state index < -0.39 is 0 Å². The number of hydrogen-bond donors (Lipinski definition) is 0. The third-order valence-electron chi connectivity index (χ3n) is 5.17. The summed E-state index contributed by atoms with van der Waals surface area (Å²) < 4.78 is 0. The number of rotatable bonds is 3. The van der Waals surface area contributed by atoms with E-state index in [0.717, 1.165) is 32.7 Å². The first-order valence-electron chi connectivity index (χ1n) is 8.91. The maximum atomic E-state index is 12.6. The van der Waals surface area contributed by atoms with Gasteiger partial charge in [-0.25, -0.2) is 4.79 Å². The van der Waals surface area contributed by atoms with E-state index in [-0.39, 0.29) is 17.4 Å². The summed E-state index contributed by atoms with van der Waals surface area (Å²) in [4.78, 5) is 34.3. The third kappa shape index (κ3) is 3.98. The summed E-state index contributed by atoms with van der Waals surface area (Å²) in [7, 11) is 3.59. The molecule has 0 aromatic carbocycles. The van der Waals surface area contributed by atoms with Gasteiger partial charge < -0.3 is 14.7 Å². The van der Waals surface area contributed by atoms with Crippen molar-refractivity contribution >= 4 is 23.3 Å². The van der Waals surface area contributed by atoms with Gasteiger partial charge in [0.1, 0.15) is 0 Å². The highest BCUT2D eigenvalue weighted by Gasteiger charge is 2.46. The Hall–Kier alpha value is -1.60. The van der Waals surface area contributed by atoms with Crippen molar-refractivity contribution < 1.29 is 9.59 Å². The first-order chi connectivity index (χ1) is 11.9. The molecule has 1 aromatic heterocycles. The number of thiophene rings is 1. The zero-order valence-corrected chi connectivity index (χ0v) is 16.2. The van der Waals surface area contributed by atoms with Crippen LogP contribution in [0.5, 0.6) is 0 Å². The van der Waals surface area contributed by atoms with Crippen LogP contribution in [0.3, 0.4) is 0 Å². The van der Waals surface area contributed by atoms with Crippen molar-refractivity contribution in [1.82, 2.24) is 19.6 Å².